The van der Waals surface area contributed by atoms with Crippen LogP contribution in [0.15, 0.2) is 24.3 Å². The van der Waals surface area contributed by atoms with Gasteiger partial charge in [-0.1, -0.05) is 11.6 Å². The number of nitrogens with zero attached hydrogens (tertiary/aromatic N) is 4. The molecular weight excluding hydrogens is 440 g/mol. The molecule has 1 aromatic carbocycles. The van der Waals surface area contributed by atoms with E-state index in [9.17, 15) is 14.7 Å². The molecule has 1 atom stereocenters. The zero-order chi connectivity index (χ0) is 23.0. The monoisotopic (exact) mass is 474 g/mol. The summed E-state index contributed by atoms with van der Waals surface area (Å²) in [5.41, 5.74) is 0.727. The van der Waals surface area contributed by atoms with E-state index in [0.29, 0.717) is 19.6 Å². The summed E-state index contributed by atoms with van der Waals surface area (Å²) in [5, 5.41) is 10.6. The van der Waals surface area contributed by atoms with Crippen LogP contribution < -0.4 is 4.90 Å². The molecule has 8 heteroatoms. The van der Waals surface area contributed by atoms with Crippen molar-refractivity contribution >= 4 is 29.2 Å². The summed E-state index contributed by atoms with van der Waals surface area (Å²) in [4.78, 5) is 35.1. The number of halogens is 1. The SMILES string of the molecule is O=C(N1CCN(c2ccc(Cl)cc2)CC1)N1CCCC2(CCN([C@H]3CC[C@H](O)CC3)C2=O)C1. The van der Waals surface area contributed by atoms with Gasteiger partial charge in [0.25, 0.3) is 0 Å². The van der Waals surface area contributed by atoms with Crippen molar-refractivity contribution < 1.29 is 14.7 Å². The van der Waals surface area contributed by atoms with Crippen molar-refractivity contribution in [3.05, 3.63) is 29.3 Å². The highest BCUT2D eigenvalue weighted by atomic mass is 35.5. The molecule has 0 bridgehead atoms. The largest absolute Gasteiger partial charge is 0.393 e. The molecule has 180 valence electrons. The van der Waals surface area contributed by atoms with Crippen molar-refractivity contribution in [2.24, 2.45) is 5.41 Å². The molecule has 1 unspecified atom stereocenters. The molecule has 1 saturated carbocycles. The molecule has 33 heavy (non-hydrogen) atoms. The molecule has 0 radical (unpaired) electrons. The van der Waals surface area contributed by atoms with Gasteiger partial charge >= 0.3 is 6.03 Å². The Morgan fingerprint density at radius 3 is 2.30 bits per heavy atom. The summed E-state index contributed by atoms with van der Waals surface area (Å²) in [6.45, 7) is 5.06. The average molecular weight is 475 g/mol. The molecular formula is C25H35ClN4O3. The van der Waals surface area contributed by atoms with Crippen molar-refractivity contribution in [1.82, 2.24) is 14.7 Å². The van der Waals surface area contributed by atoms with Gasteiger partial charge in [0, 0.05) is 62.6 Å². The molecule has 3 heterocycles. The predicted molar refractivity (Wildman–Crippen MR) is 128 cm³/mol. The third-order valence-electron chi connectivity index (χ3n) is 8.24. The number of likely N-dealkylation sites (tertiary alicyclic amines) is 2. The number of hydrogen-bond donors (Lipinski definition) is 1. The number of carbonyl (C=O) groups excluding carboxylic acids is 2. The summed E-state index contributed by atoms with van der Waals surface area (Å²) >= 11 is 6.01. The zero-order valence-corrected chi connectivity index (χ0v) is 20.1. The van der Waals surface area contributed by atoms with E-state index in [1.54, 1.807) is 0 Å². The first-order valence-corrected chi connectivity index (χ1v) is 12.9. The van der Waals surface area contributed by atoms with Crippen molar-refractivity contribution in [2.75, 3.05) is 50.7 Å². The minimum absolute atomic E-state index is 0.0804. The molecule has 5 rings (SSSR count). The Bertz CT molecular complexity index is 865. The summed E-state index contributed by atoms with van der Waals surface area (Å²) < 4.78 is 0. The zero-order valence-electron chi connectivity index (χ0n) is 19.3. The van der Waals surface area contributed by atoms with E-state index in [1.165, 1.54) is 0 Å². The maximum Gasteiger partial charge on any atom is 0.320 e. The van der Waals surface area contributed by atoms with Gasteiger partial charge in [-0.05, 0) is 69.2 Å². The summed E-state index contributed by atoms with van der Waals surface area (Å²) in [5.74, 6) is 0.244. The first kappa shape index (κ1) is 22.8. The number of piperidine rings is 1. The van der Waals surface area contributed by atoms with Crippen LogP contribution in [-0.2, 0) is 4.79 Å². The number of benzene rings is 1. The van der Waals surface area contributed by atoms with Crippen LogP contribution in [0.5, 0.6) is 0 Å². The molecule has 1 N–H and O–H groups in total. The molecule has 7 nitrogen and oxygen atoms in total. The highest BCUT2D eigenvalue weighted by molar-refractivity contribution is 6.30. The number of aliphatic hydroxyl groups excluding tert-OH is 1. The van der Waals surface area contributed by atoms with Gasteiger partial charge in [-0.15, -0.1) is 0 Å². The Balaban J connectivity index is 1.18. The minimum Gasteiger partial charge on any atom is -0.393 e. The second-order valence-corrected chi connectivity index (χ2v) is 10.7. The van der Waals surface area contributed by atoms with E-state index in [1.807, 2.05) is 34.1 Å². The highest BCUT2D eigenvalue weighted by Crippen LogP contribution is 2.42. The Labute approximate surface area is 201 Å². The third kappa shape index (κ3) is 4.54. The number of carbonyl (C=O) groups is 2. The average Bonchev–Trinajstić information content (AvgIpc) is 3.15. The Kier molecular flexibility index (Phi) is 6.45. The molecule has 3 saturated heterocycles. The van der Waals surface area contributed by atoms with Gasteiger partial charge in [0.2, 0.25) is 5.91 Å². The second kappa shape index (κ2) is 9.34. The maximum atomic E-state index is 13.5. The van der Waals surface area contributed by atoms with E-state index in [4.69, 9.17) is 11.6 Å². The van der Waals surface area contributed by atoms with Gasteiger partial charge in [-0.25, -0.2) is 4.79 Å². The van der Waals surface area contributed by atoms with E-state index >= 15 is 0 Å². The number of amides is 3. The molecule has 0 aromatic heterocycles. The standard InChI is InChI=1S/C25H35ClN4O3/c26-19-2-4-20(5-3-19)27-14-16-28(17-15-27)24(33)29-12-1-10-25(18-29)11-13-30(23(25)32)21-6-8-22(31)9-7-21/h2-5,21-22,31H,1,6-18H2/t21-,22-,25?. The van der Waals surface area contributed by atoms with Crippen LogP contribution in [-0.4, -0.2) is 89.7 Å². The number of urea groups is 1. The maximum absolute atomic E-state index is 13.5. The van der Waals surface area contributed by atoms with Gasteiger partial charge in [0.15, 0.2) is 0 Å². The minimum atomic E-state index is -0.408. The molecule has 4 fully saturated rings. The van der Waals surface area contributed by atoms with Crippen LogP contribution in [0.1, 0.15) is 44.9 Å². The number of aliphatic hydroxyl groups is 1. The van der Waals surface area contributed by atoms with Crippen LogP contribution in [0, 0.1) is 5.41 Å². The smallest absolute Gasteiger partial charge is 0.320 e. The summed E-state index contributed by atoms with van der Waals surface area (Å²) in [7, 11) is 0. The fraction of sp³-hybridized carbons (Fsp3) is 0.680. The van der Waals surface area contributed by atoms with Gasteiger partial charge in [-0.2, -0.15) is 0 Å². The lowest BCUT2D eigenvalue weighted by Crippen LogP contribution is -2.57. The van der Waals surface area contributed by atoms with Crippen molar-refractivity contribution in [3.63, 3.8) is 0 Å². The second-order valence-electron chi connectivity index (χ2n) is 10.2. The highest BCUT2D eigenvalue weighted by Gasteiger charge is 2.51. The first-order valence-electron chi connectivity index (χ1n) is 12.5. The quantitative estimate of drug-likeness (QED) is 0.714. The molecule has 4 aliphatic rings. The van der Waals surface area contributed by atoms with Crippen LogP contribution in [0.2, 0.25) is 5.02 Å². The summed E-state index contributed by atoms with van der Waals surface area (Å²) in [6.07, 6.45) is 5.76. The predicted octanol–water partition coefficient (Wildman–Crippen LogP) is 3.20. The van der Waals surface area contributed by atoms with E-state index < -0.39 is 5.41 Å². The Morgan fingerprint density at radius 2 is 1.61 bits per heavy atom. The lowest BCUT2D eigenvalue weighted by molar-refractivity contribution is -0.141. The van der Waals surface area contributed by atoms with E-state index in [2.05, 4.69) is 9.80 Å². The fourth-order valence-electron chi connectivity index (χ4n) is 6.25. The van der Waals surface area contributed by atoms with Crippen LogP contribution in [0.4, 0.5) is 10.5 Å². The fourth-order valence-corrected chi connectivity index (χ4v) is 6.37. The van der Waals surface area contributed by atoms with E-state index in [0.717, 1.165) is 81.8 Å². The van der Waals surface area contributed by atoms with Gasteiger partial charge in [0.1, 0.15) is 0 Å². The number of anilines is 1. The van der Waals surface area contributed by atoms with Crippen LogP contribution in [0.3, 0.4) is 0 Å². The van der Waals surface area contributed by atoms with Crippen molar-refractivity contribution in [1.29, 1.82) is 0 Å². The first-order chi connectivity index (χ1) is 15.9. The molecule has 1 spiro atoms. The van der Waals surface area contributed by atoms with Gasteiger partial charge < -0.3 is 24.7 Å². The number of hydrogen-bond acceptors (Lipinski definition) is 4. The molecule has 3 amide bonds. The van der Waals surface area contributed by atoms with Crippen LogP contribution in [0.25, 0.3) is 0 Å². The van der Waals surface area contributed by atoms with E-state index in [-0.39, 0.29) is 24.1 Å². The number of piperazine rings is 1. The van der Waals surface area contributed by atoms with Gasteiger partial charge in [-0.3, -0.25) is 4.79 Å². The third-order valence-corrected chi connectivity index (χ3v) is 8.49. The Hall–Kier alpha value is -1.99. The van der Waals surface area contributed by atoms with Crippen molar-refractivity contribution in [2.45, 2.75) is 57.1 Å². The number of rotatable bonds is 2. The lowest BCUT2D eigenvalue weighted by Gasteiger charge is -2.43. The van der Waals surface area contributed by atoms with Crippen molar-refractivity contribution in [3.8, 4) is 0 Å². The van der Waals surface area contributed by atoms with Gasteiger partial charge in [0.05, 0.1) is 11.5 Å². The van der Waals surface area contributed by atoms with Crippen LogP contribution >= 0.6 is 11.6 Å². The molecule has 1 aromatic rings. The molecule has 1 aliphatic carbocycles. The normalized spacial score (nSPS) is 30.9. The molecule has 3 aliphatic heterocycles. The topological polar surface area (TPSA) is 67.3 Å². The summed E-state index contributed by atoms with van der Waals surface area (Å²) in [6, 6.07) is 8.19. The lowest BCUT2D eigenvalue weighted by atomic mass is 9.78. The Morgan fingerprint density at radius 1 is 0.909 bits per heavy atom.